The highest BCUT2D eigenvalue weighted by Crippen LogP contribution is 2.15. The van der Waals surface area contributed by atoms with Gasteiger partial charge in [0, 0.05) is 24.7 Å². The Hall–Kier alpha value is -1.31. The minimum Gasteiger partial charge on any atom is -0.357 e. The normalized spacial score (nSPS) is 12.2. The van der Waals surface area contributed by atoms with E-state index in [4.69, 9.17) is 11.6 Å². The number of sulfonamides is 1. The van der Waals surface area contributed by atoms with Gasteiger partial charge in [0.25, 0.3) is 0 Å². The first-order valence-corrected chi connectivity index (χ1v) is 9.24. The van der Waals surface area contributed by atoms with Gasteiger partial charge in [0.1, 0.15) is 0 Å². The van der Waals surface area contributed by atoms with Crippen LogP contribution in [-0.2, 0) is 16.6 Å². The molecule has 0 radical (unpaired) electrons. The van der Waals surface area contributed by atoms with Crippen molar-refractivity contribution in [2.24, 2.45) is 4.99 Å². The first-order chi connectivity index (χ1) is 10.5. The number of benzene rings is 1. The fraction of sp³-hybridized carbons (Fsp3) is 0.500. The molecule has 0 unspecified atom stereocenters. The van der Waals surface area contributed by atoms with E-state index in [2.05, 4.69) is 20.3 Å². The zero-order valence-corrected chi connectivity index (χ0v) is 14.5. The third-order valence-corrected chi connectivity index (χ3v) is 4.60. The van der Waals surface area contributed by atoms with E-state index in [1.807, 2.05) is 31.2 Å². The Morgan fingerprint density at radius 3 is 2.55 bits per heavy atom. The van der Waals surface area contributed by atoms with E-state index in [1.54, 1.807) is 6.92 Å². The van der Waals surface area contributed by atoms with Gasteiger partial charge in [-0.15, -0.1) is 0 Å². The molecule has 6 nitrogen and oxygen atoms in total. The first-order valence-electron chi connectivity index (χ1n) is 7.21. The number of guanidine groups is 1. The molecule has 0 aromatic heterocycles. The maximum atomic E-state index is 11.3. The van der Waals surface area contributed by atoms with Crippen LogP contribution in [-0.4, -0.2) is 39.8 Å². The van der Waals surface area contributed by atoms with Gasteiger partial charge < -0.3 is 10.6 Å². The maximum absolute atomic E-state index is 11.3. The molecule has 0 aliphatic rings. The zero-order chi connectivity index (χ0) is 16.4. The molecule has 124 valence electrons. The highest BCUT2D eigenvalue weighted by atomic mass is 35.5. The molecule has 0 saturated carbocycles. The fourth-order valence-electron chi connectivity index (χ4n) is 1.62. The van der Waals surface area contributed by atoms with Crippen molar-refractivity contribution < 1.29 is 8.42 Å². The van der Waals surface area contributed by atoms with E-state index >= 15 is 0 Å². The summed E-state index contributed by atoms with van der Waals surface area (Å²) < 4.78 is 25.1. The topological polar surface area (TPSA) is 82.6 Å². The van der Waals surface area contributed by atoms with Gasteiger partial charge in [0.05, 0.1) is 12.3 Å². The van der Waals surface area contributed by atoms with E-state index in [0.29, 0.717) is 30.6 Å². The molecule has 0 saturated heterocycles. The molecule has 0 bridgehead atoms. The summed E-state index contributed by atoms with van der Waals surface area (Å²) in [6.45, 7) is 5.50. The predicted molar refractivity (Wildman–Crippen MR) is 91.7 cm³/mol. The lowest BCUT2D eigenvalue weighted by Crippen LogP contribution is -2.41. The highest BCUT2D eigenvalue weighted by Gasteiger charge is 2.05. The second kappa shape index (κ2) is 9.66. The summed E-state index contributed by atoms with van der Waals surface area (Å²) in [4.78, 5) is 4.43. The molecule has 0 atom stereocenters. The van der Waals surface area contributed by atoms with Gasteiger partial charge in [-0.3, -0.25) is 0 Å². The lowest BCUT2D eigenvalue weighted by molar-refractivity contribution is 0.582. The van der Waals surface area contributed by atoms with Crippen LogP contribution in [0, 0.1) is 0 Å². The van der Waals surface area contributed by atoms with Gasteiger partial charge in [-0.1, -0.05) is 29.8 Å². The van der Waals surface area contributed by atoms with E-state index in [-0.39, 0.29) is 5.75 Å². The van der Waals surface area contributed by atoms with Gasteiger partial charge in [0.15, 0.2) is 5.96 Å². The molecule has 1 rings (SSSR count). The Kier molecular flexibility index (Phi) is 8.22. The summed E-state index contributed by atoms with van der Waals surface area (Å²) in [7, 11) is -3.16. The number of nitrogens with zero attached hydrogens (tertiary/aromatic N) is 1. The van der Waals surface area contributed by atoms with Gasteiger partial charge in [-0.2, -0.15) is 0 Å². The summed E-state index contributed by atoms with van der Waals surface area (Å²) in [6, 6.07) is 7.53. The average Bonchev–Trinajstić information content (AvgIpc) is 2.50. The quantitative estimate of drug-likeness (QED) is 0.377. The summed E-state index contributed by atoms with van der Waals surface area (Å²) >= 11 is 6.09. The molecule has 1 aromatic rings. The van der Waals surface area contributed by atoms with Crippen molar-refractivity contribution in [3.05, 3.63) is 34.9 Å². The lowest BCUT2D eigenvalue weighted by atomic mass is 10.2. The molecule has 0 heterocycles. The Morgan fingerprint density at radius 1 is 1.18 bits per heavy atom. The molecule has 3 N–H and O–H groups in total. The van der Waals surface area contributed by atoms with E-state index < -0.39 is 10.0 Å². The number of aliphatic imine (C=N–C) groups is 1. The van der Waals surface area contributed by atoms with Crippen molar-refractivity contribution in [3.63, 3.8) is 0 Å². The van der Waals surface area contributed by atoms with Crippen LogP contribution in [0.4, 0.5) is 0 Å². The Labute approximate surface area is 137 Å². The second-order valence-electron chi connectivity index (χ2n) is 4.51. The standard InChI is InChI=1S/C14H23ClN4O2S/c1-3-16-14(17-9-10-19-22(20,21)4-2)18-11-12-7-5-6-8-13(12)15/h5-8,19H,3-4,9-11H2,1-2H3,(H2,16,17,18). The molecule has 22 heavy (non-hydrogen) atoms. The van der Waals surface area contributed by atoms with Crippen LogP contribution in [0.1, 0.15) is 19.4 Å². The van der Waals surface area contributed by atoms with Crippen molar-refractivity contribution in [2.75, 3.05) is 25.4 Å². The van der Waals surface area contributed by atoms with Crippen LogP contribution in [0.2, 0.25) is 5.02 Å². The molecule has 8 heteroatoms. The van der Waals surface area contributed by atoms with Gasteiger partial charge in [-0.25, -0.2) is 18.1 Å². The van der Waals surface area contributed by atoms with Gasteiger partial charge in [-0.05, 0) is 25.5 Å². The smallest absolute Gasteiger partial charge is 0.211 e. The zero-order valence-electron chi connectivity index (χ0n) is 12.9. The summed E-state index contributed by atoms with van der Waals surface area (Å²) in [6.07, 6.45) is 0. The predicted octanol–water partition coefficient (Wildman–Crippen LogP) is 1.33. The number of nitrogens with one attached hydrogen (secondary N) is 3. The molecule has 1 aromatic carbocycles. The van der Waals surface area contributed by atoms with Gasteiger partial charge in [0.2, 0.25) is 10.0 Å². The molecular formula is C14H23ClN4O2S. The third kappa shape index (κ3) is 7.11. The van der Waals surface area contributed by atoms with Crippen LogP contribution >= 0.6 is 11.6 Å². The molecule has 0 aliphatic carbocycles. The summed E-state index contributed by atoms with van der Waals surface area (Å²) in [5, 5.41) is 6.86. The van der Waals surface area contributed by atoms with Crippen molar-refractivity contribution in [1.82, 2.24) is 15.4 Å². The van der Waals surface area contributed by atoms with Crippen molar-refractivity contribution >= 4 is 27.6 Å². The molecule has 0 fully saturated rings. The van der Waals surface area contributed by atoms with E-state index in [1.165, 1.54) is 0 Å². The highest BCUT2D eigenvalue weighted by molar-refractivity contribution is 7.89. The summed E-state index contributed by atoms with van der Waals surface area (Å²) in [5.74, 6) is 0.700. The summed E-state index contributed by atoms with van der Waals surface area (Å²) in [5.41, 5.74) is 0.938. The number of hydrogen-bond acceptors (Lipinski definition) is 3. The van der Waals surface area contributed by atoms with Crippen molar-refractivity contribution in [3.8, 4) is 0 Å². The minimum atomic E-state index is -3.16. The first kappa shape index (κ1) is 18.7. The number of rotatable bonds is 8. The van der Waals surface area contributed by atoms with Crippen LogP contribution < -0.4 is 15.4 Å². The Morgan fingerprint density at radius 2 is 1.91 bits per heavy atom. The SMILES string of the molecule is CCNC(=NCc1ccccc1Cl)NCCNS(=O)(=O)CC. The third-order valence-electron chi connectivity index (χ3n) is 2.83. The van der Waals surface area contributed by atoms with Crippen LogP contribution in [0.25, 0.3) is 0 Å². The Balaban J connectivity index is 2.51. The van der Waals surface area contributed by atoms with Crippen molar-refractivity contribution in [2.45, 2.75) is 20.4 Å². The number of halogens is 1. The van der Waals surface area contributed by atoms with Crippen LogP contribution in [0.3, 0.4) is 0 Å². The largest absolute Gasteiger partial charge is 0.357 e. The maximum Gasteiger partial charge on any atom is 0.211 e. The molecular weight excluding hydrogens is 324 g/mol. The lowest BCUT2D eigenvalue weighted by Gasteiger charge is -2.12. The van der Waals surface area contributed by atoms with Gasteiger partial charge >= 0.3 is 0 Å². The van der Waals surface area contributed by atoms with Crippen LogP contribution in [0.15, 0.2) is 29.3 Å². The minimum absolute atomic E-state index is 0.0770. The van der Waals surface area contributed by atoms with Crippen molar-refractivity contribution in [1.29, 1.82) is 0 Å². The fourth-order valence-corrected chi connectivity index (χ4v) is 2.43. The molecule has 0 spiro atoms. The second-order valence-corrected chi connectivity index (χ2v) is 7.01. The van der Waals surface area contributed by atoms with Crippen LogP contribution in [0.5, 0.6) is 0 Å². The monoisotopic (exact) mass is 346 g/mol. The molecule has 0 aliphatic heterocycles. The Bertz CT molecular complexity index is 590. The van der Waals surface area contributed by atoms with E-state index in [9.17, 15) is 8.42 Å². The number of hydrogen-bond donors (Lipinski definition) is 3. The average molecular weight is 347 g/mol. The molecule has 0 amide bonds. The van der Waals surface area contributed by atoms with E-state index in [0.717, 1.165) is 12.1 Å².